The van der Waals surface area contributed by atoms with Crippen molar-refractivity contribution in [3.63, 3.8) is 0 Å². The Morgan fingerprint density at radius 2 is 0.764 bits per heavy atom. The molecule has 4 aromatic carbocycles. The third-order valence-electron chi connectivity index (χ3n) is 11.2. The van der Waals surface area contributed by atoms with Gasteiger partial charge in [-0.05, 0) is 184 Å². The lowest BCUT2D eigenvalue weighted by Gasteiger charge is -1.99. The highest BCUT2D eigenvalue weighted by molar-refractivity contribution is 5.83. The molecule has 0 fully saturated rings. The van der Waals surface area contributed by atoms with E-state index in [1.54, 1.807) is 6.20 Å². The van der Waals surface area contributed by atoms with Crippen LogP contribution in [0.5, 0.6) is 0 Å². The molecule has 0 unspecified atom stereocenters. The van der Waals surface area contributed by atoms with Gasteiger partial charge in [-0.15, -0.1) is 0 Å². The van der Waals surface area contributed by atoms with E-state index in [2.05, 4.69) is 156 Å². The Morgan fingerprint density at radius 3 is 1.51 bits per heavy atom. The molecule has 0 aliphatic rings. The molecule has 12 rings (SSSR count). The second kappa shape index (κ2) is 23.8. The molecule has 72 heavy (non-hydrogen) atoms. The third-order valence-corrected chi connectivity index (χ3v) is 11.2. The van der Waals surface area contributed by atoms with Crippen LogP contribution in [0.15, 0.2) is 152 Å². The van der Waals surface area contributed by atoms with Crippen molar-refractivity contribution in [1.82, 2.24) is 55.1 Å². The van der Waals surface area contributed by atoms with E-state index in [4.69, 9.17) is 0 Å². The smallest absolute Gasteiger partial charge is 0.159 e. The Balaban J connectivity index is 0.000000127. The highest BCUT2D eigenvalue weighted by atomic mass is 15.1. The lowest BCUT2D eigenvalue weighted by molar-refractivity contribution is 1.02. The van der Waals surface area contributed by atoms with E-state index >= 15 is 0 Å². The van der Waals surface area contributed by atoms with Crippen molar-refractivity contribution in [2.45, 2.75) is 83.1 Å². The fraction of sp³-hybridized carbons (Fsp3) is 0.197. The first kappa shape index (κ1) is 51.3. The summed E-state index contributed by atoms with van der Waals surface area (Å²) in [5.74, 6) is 0.825. The Bertz CT molecular complexity index is 2920. The van der Waals surface area contributed by atoms with E-state index in [1.807, 2.05) is 129 Å². The molecular formula is C61H61N11. The van der Waals surface area contributed by atoms with Crippen LogP contribution in [0, 0.1) is 83.1 Å². The minimum absolute atomic E-state index is 0.825. The van der Waals surface area contributed by atoms with Crippen LogP contribution in [-0.2, 0) is 0 Å². The van der Waals surface area contributed by atoms with Crippen LogP contribution in [0.4, 0.5) is 0 Å². The number of rotatable bonds is 0. The van der Waals surface area contributed by atoms with Gasteiger partial charge in [0.25, 0.3) is 0 Å². The Morgan fingerprint density at radius 1 is 0.236 bits per heavy atom. The zero-order chi connectivity index (χ0) is 51.3. The number of nitrogens with zero attached hydrogens (tertiary/aromatic N) is 11. The van der Waals surface area contributed by atoms with Gasteiger partial charge in [0.2, 0.25) is 0 Å². The molecule has 0 N–H and O–H groups in total. The molecule has 0 amide bonds. The minimum atomic E-state index is 0.825. The molecule has 11 nitrogen and oxygen atoms in total. The van der Waals surface area contributed by atoms with Crippen LogP contribution >= 0.6 is 0 Å². The third kappa shape index (κ3) is 14.7. The van der Waals surface area contributed by atoms with Gasteiger partial charge in [0.1, 0.15) is 5.82 Å². The van der Waals surface area contributed by atoms with Crippen LogP contribution in [0.3, 0.4) is 0 Å². The Kier molecular flexibility index (Phi) is 17.0. The maximum atomic E-state index is 4.35. The van der Waals surface area contributed by atoms with Crippen molar-refractivity contribution in [1.29, 1.82) is 0 Å². The van der Waals surface area contributed by atoms with Gasteiger partial charge in [-0.3, -0.25) is 19.9 Å². The average Bonchev–Trinajstić information content (AvgIpc) is 3.35. The quantitative estimate of drug-likeness (QED) is 0.143. The number of benzene rings is 4. The second-order valence-corrected chi connectivity index (χ2v) is 18.2. The van der Waals surface area contributed by atoms with Crippen molar-refractivity contribution >= 4 is 65.5 Å². The SMILES string of the molecule is Cc1cc2ccc(C)nc2cn1.Cc1ccc2cc(C)ncc2c1.Cc1ccc2cc(C)nnc2c1.Cc1ccc2nc(C)cnc2c1.Cc1ccc2nc(C)ncc2c1.Cc1cnc2nc(C)ccc2c1. The van der Waals surface area contributed by atoms with Gasteiger partial charge in [0.15, 0.2) is 5.65 Å². The predicted octanol–water partition coefficient (Wildman–Crippen LogP) is 14.1. The molecule has 0 bridgehead atoms. The van der Waals surface area contributed by atoms with E-state index in [9.17, 15) is 0 Å². The van der Waals surface area contributed by atoms with Gasteiger partial charge in [-0.2, -0.15) is 10.2 Å². The molecule has 0 saturated heterocycles. The Labute approximate surface area is 422 Å². The van der Waals surface area contributed by atoms with Crippen LogP contribution in [0.2, 0.25) is 0 Å². The summed E-state index contributed by atoms with van der Waals surface area (Å²) in [5.41, 5.74) is 18.0. The number of pyridine rings is 5. The van der Waals surface area contributed by atoms with Crippen molar-refractivity contribution in [2.24, 2.45) is 0 Å². The predicted molar refractivity (Wildman–Crippen MR) is 296 cm³/mol. The lowest BCUT2D eigenvalue weighted by Crippen LogP contribution is -1.87. The maximum absolute atomic E-state index is 4.35. The fourth-order valence-corrected chi connectivity index (χ4v) is 7.53. The molecular weight excluding hydrogens is 887 g/mol. The van der Waals surface area contributed by atoms with Crippen molar-refractivity contribution in [3.8, 4) is 0 Å². The molecule has 0 spiro atoms. The zero-order valence-electron chi connectivity index (χ0n) is 43.4. The first-order valence-corrected chi connectivity index (χ1v) is 23.9. The number of hydrogen-bond donors (Lipinski definition) is 0. The van der Waals surface area contributed by atoms with E-state index in [0.29, 0.717) is 0 Å². The van der Waals surface area contributed by atoms with Gasteiger partial charge in [-0.25, -0.2) is 24.9 Å². The molecule has 8 aromatic heterocycles. The summed E-state index contributed by atoms with van der Waals surface area (Å²) in [6.07, 6.45) is 9.25. The number of fused-ring (bicyclic) bond motifs is 6. The van der Waals surface area contributed by atoms with E-state index in [-0.39, 0.29) is 0 Å². The van der Waals surface area contributed by atoms with Crippen molar-refractivity contribution < 1.29 is 0 Å². The highest BCUT2D eigenvalue weighted by Crippen LogP contribution is 2.17. The molecule has 0 atom stereocenters. The number of aromatic nitrogens is 11. The van der Waals surface area contributed by atoms with E-state index in [0.717, 1.165) is 94.8 Å². The minimum Gasteiger partial charge on any atom is -0.261 e. The molecule has 0 radical (unpaired) electrons. The molecule has 0 aliphatic heterocycles. The summed E-state index contributed by atoms with van der Waals surface area (Å²) in [4.78, 5) is 38.4. The van der Waals surface area contributed by atoms with Crippen molar-refractivity contribution in [3.05, 3.63) is 220 Å². The molecule has 360 valence electrons. The topological polar surface area (TPSA) is 142 Å². The van der Waals surface area contributed by atoms with E-state index in [1.165, 1.54) is 38.6 Å². The van der Waals surface area contributed by atoms with Gasteiger partial charge >= 0.3 is 0 Å². The maximum Gasteiger partial charge on any atom is 0.159 e. The van der Waals surface area contributed by atoms with E-state index < -0.39 is 0 Å². The Hall–Kier alpha value is -8.57. The largest absolute Gasteiger partial charge is 0.261 e. The molecule has 11 heteroatoms. The van der Waals surface area contributed by atoms with Crippen LogP contribution in [-0.4, -0.2) is 55.1 Å². The summed E-state index contributed by atoms with van der Waals surface area (Å²) in [5, 5.41) is 15.1. The summed E-state index contributed by atoms with van der Waals surface area (Å²) in [7, 11) is 0. The first-order valence-electron chi connectivity index (χ1n) is 23.9. The fourth-order valence-electron chi connectivity index (χ4n) is 7.53. The van der Waals surface area contributed by atoms with Gasteiger partial charge in [-0.1, -0.05) is 53.6 Å². The highest BCUT2D eigenvalue weighted by Gasteiger charge is 2.00. The van der Waals surface area contributed by atoms with Crippen LogP contribution in [0.25, 0.3) is 65.5 Å². The summed E-state index contributed by atoms with van der Waals surface area (Å²) in [6.45, 7) is 24.1. The van der Waals surface area contributed by atoms with Crippen LogP contribution in [0.1, 0.15) is 67.8 Å². The number of hydrogen-bond acceptors (Lipinski definition) is 11. The van der Waals surface area contributed by atoms with Crippen molar-refractivity contribution in [2.75, 3.05) is 0 Å². The molecule has 0 aliphatic carbocycles. The number of aryl methyl sites for hydroxylation is 12. The summed E-state index contributed by atoms with van der Waals surface area (Å²) >= 11 is 0. The lowest BCUT2D eigenvalue weighted by atomic mass is 10.1. The standard InChI is InChI=1S/C11H11N.5C10H10N2/c1-8-3-4-10-6-9(2)12-7-11(10)5-8;1-7-5-9-4-3-8(2)12-10(9)11-6-7;1-7-3-4-9-5-8(2)11-6-10(9)12-7;1-7-3-4-10-9(5-7)6-11-8(2)12-10;1-7-3-4-9-10(5-7)11-6-8(2)12-9;1-7-3-4-9-6-8(2)11-12-10(9)5-7/h3-7H,1-2H3;5*3-6H,1-2H3. The monoisotopic (exact) mass is 948 g/mol. The zero-order valence-corrected chi connectivity index (χ0v) is 43.4. The average molecular weight is 948 g/mol. The summed E-state index contributed by atoms with van der Waals surface area (Å²) < 4.78 is 0. The molecule has 12 aromatic rings. The first-order chi connectivity index (χ1) is 34.5. The molecule has 8 heterocycles. The normalized spacial score (nSPS) is 10.5. The van der Waals surface area contributed by atoms with Gasteiger partial charge < -0.3 is 0 Å². The molecule has 0 saturated carbocycles. The van der Waals surface area contributed by atoms with Gasteiger partial charge in [0, 0.05) is 74.5 Å². The van der Waals surface area contributed by atoms with Crippen LogP contribution < -0.4 is 0 Å². The summed E-state index contributed by atoms with van der Waals surface area (Å²) in [6, 6.07) is 41.3. The second-order valence-electron chi connectivity index (χ2n) is 18.2. The van der Waals surface area contributed by atoms with Gasteiger partial charge in [0.05, 0.1) is 45.2 Å².